The Balaban J connectivity index is 1.92. The van der Waals surface area contributed by atoms with Crippen LogP contribution >= 0.6 is 0 Å². The molecule has 0 amide bonds. The van der Waals surface area contributed by atoms with Crippen molar-refractivity contribution in [3.8, 4) is 0 Å². The van der Waals surface area contributed by atoms with Crippen LogP contribution in [-0.2, 0) is 0 Å². The summed E-state index contributed by atoms with van der Waals surface area (Å²) in [6.45, 7) is 9.75. The SMILES string of the molecule is CNC1C(CN2CCC(C)(O)C2)CCC1(C)C. The molecule has 17 heavy (non-hydrogen) atoms. The van der Waals surface area contributed by atoms with E-state index in [2.05, 4.69) is 31.1 Å². The minimum absolute atomic E-state index is 0.418. The van der Waals surface area contributed by atoms with E-state index >= 15 is 0 Å². The highest BCUT2D eigenvalue weighted by molar-refractivity contribution is 4.98. The summed E-state index contributed by atoms with van der Waals surface area (Å²) >= 11 is 0. The molecule has 3 atom stereocenters. The van der Waals surface area contributed by atoms with Crippen molar-refractivity contribution < 1.29 is 5.11 Å². The van der Waals surface area contributed by atoms with Gasteiger partial charge in [0.25, 0.3) is 0 Å². The van der Waals surface area contributed by atoms with Crippen molar-refractivity contribution in [3.63, 3.8) is 0 Å². The van der Waals surface area contributed by atoms with Crippen LogP contribution in [0.2, 0.25) is 0 Å². The Bertz CT molecular complexity index is 275. The zero-order chi connectivity index (χ0) is 12.7. The Morgan fingerprint density at radius 3 is 2.53 bits per heavy atom. The molecule has 1 saturated carbocycles. The molecule has 0 radical (unpaired) electrons. The van der Waals surface area contributed by atoms with Gasteiger partial charge in [-0.15, -0.1) is 0 Å². The third-order valence-electron chi connectivity index (χ3n) is 4.81. The van der Waals surface area contributed by atoms with E-state index in [0.29, 0.717) is 11.5 Å². The van der Waals surface area contributed by atoms with Gasteiger partial charge in [0.2, 0.25) is 0 Å². The number of aliphatic hydroxyl groups is 1. The average molecular weight is 240 g/mol. The van der Waals surface area contributed by atoms with E-state index in [1.165, 1.54) is 12.8 Å². The van der Waals surface area contributed by atoms with Gasteiger partial charge in [-0.2, -0.15) is 0 Å². The molecule has 0 spiro atoms. The molecular formula is C14H28N2O. The highest BCUT2D eigenvalue weighted by atomic mass is 16.3. The van der Waals surface area contributed by atoms with Crippen molar-refractivity contribution in [2.24, 2.45) is 11.3 Å². The molecule has 0 aromatic rings. The predicted molar refractivity (Wildman–Crippen MR) is 71.0 cm³/mol. The number of hydrogen-bond acceptors (Lipinski definition) is 3. The van der Waals surface area contributed by atoms with Crippen LogP contribution in [-0.4, -0.2) is 48.3 Å². The molecule has 0 aromatic heterocycles. The number of nitrogens with zero attached hydrogens (tertiary/aromatic N) is 1. The van der Waals surface area contributed by atoms with Gasteiger partial charge in [0.15, 0.2) is 0 Å². The molecule has 2 rings (SSSR count). The minimum Gasteiger partial charge on any atom is -0.389 e. The first kappa shape index (κ1) is 13.3. The second kappa shape index (κ2) is 4.52. The largest absolute Gasteiger partial charge is 0.389 e. The molecule has 3 nitrogen and oxygen atoms in total. The minimum atomic E-state index is -0.455. The predicted octanol–water partition coefficient (Wildman–Crippen LogP) is 1.47. The highest BCUT2D eigenvalue weighted by Gasteiger charge is 2.42. The molecule has 100 valence electrons. The molecule has 3 heteroatoms. The van der Waals surface area contributed by atoms with Gasteiger partial charge >= 0.3 is 0 Å². The van der Waals surface area contributed by atoms with Crippen molar-refractivity contribution >= 4 is 0 Å². The Hall–Kier alpha value is -0.120. The van der Waals surface area contributed by atoms with Crippen molar-refractivity contribution in [3.05, 3.63) is 0 Å². The van der Waals surface area contributed by atoms with Gasteiger partial charge in [-0.25, -0.2) is 0 Å². The zero-order valence-electron chi connectivity index (χ0n) is 11.8. The molecule has 1 aliphatic carbocycles. The van der Waals surface area contributed by atoms with Crippen LogP contribution < -0.4 is 5.32 Å². The fourth-order valence-electron chi connectivity index (χ4n) is 3.87. The van der Waals surface area contributed by atoms with E-state index in [1.807, 2.05) is 6.92 Å². The Morgan fingerprint density at radius 1 is 1.29 bits per heavy atom. The monoisotopic (exact) mass is 240 g/mol. The third-order valence-corrected chi connectivity index (χ3v) is 4.81. The summed E-state index contributed by atoms with van der Waals surface area (Å²) in [4.78, 5) is 2.44. The molecule has 2 N–H and O–H groups in total. The number of hydrogen-bond donors (Lipinski definition) is 2. The van der Waals surface area contributed by atoms with Crippen molar-refractivity contribution in [1.82, 2.24) is 10.2 Å². The summed E-state index contributed by atoms with van der Waals surface area (Å²) in [5.41, 5.74) is -0.0368. The maximum Gasteiger partial charge on any atom is 0.0758 e. The quantitative estimate of drug-likeness (QED) is 0.784. The standard InChI is InChI=1S/C14H28N2O/c1-13(2)6-5-11(12(13)15-4)9-16-8-7-14(3,17)10-16/h11-12,15,17H,5-10H2,1-4H3. The fourth-order valence-corrected chi connectivity index (χ4v) is 3.87. The van der Waals surface area contributed by atoms with Crippen LogP contribution in [0.4, 0.5) is 0 Å². The molecule has 0 bridgehead atoms. The first-order chi connectivity index (χ1) is 7.84. The van der Waals surface area contributed by atoms with Gasteiger partial charge in [-0.3, -0.25) is 0 Å². The van der Waals surface area contributed by atoms with Gasteiger partial charge in [-0.1, -0.05) is 13.8 Å². The molecule has 2 aliphatic rings. The van der Waals surface area contributed by atoms with E-state index < -0.39 is 5.60 Å². The zero-order valence-corrected chi connectivity index (χ0v) is 11.8. The number of nitrogens with one attached hydrogen (secondary N) is 1. The lowest BCUT2D eigenvalue weighted by Crippen LogP contribution is -2.44. The van der Waals surface area contributed by atoms with E-state index in [-0.39, 0.29) is 0 Å². The summed E-state index contributed by atoms with van der Waals surface area (Å²) < 4.78 is 0. The first-order valence-electron chi connectivity index (χ1n) is 6.96. The van der Waals surface area contributed by atoms with E-state index in [0.717, 1.165) is 32.0 Å². The van der Waals surface area contributed by atoms with Crippen molar-refractivity contribution in [1.29, 1.82) is 0 Å². The van der Waals surface area contributed by atoms with Gasteiger partial charge in [0.05, 0.1) is 5.60 Å². The lowest BCUT2D eigenvalue weighted by atomic mass is 9.85. The smallest absolute Gasteiger partial charge is 0.0758 e. The van der Waals surface area contributed by atoms with Crippen LogP contribution in [0.1, 0.15) is 40.0 Å². The molecule has 1 heterocycles. The van der Waals surface area contributed by atoms with Crippen LogP contribution in [0.15, 0.2) is 0 Å². The molecule has 2 fully saturated rings. The molecule has 0 aromatic carbocycles. The maximum atomic E-state index is 10.0. The van der Waals surface area contributed by atoms with Crippen LogP contribution in [0.25, 0.3) is 0 Å². The second-order valence-corrected chi connectivity index (χ2v) is 7.04. The number of likely N-dealkylation sites (tertiary alicyclic amines) is 1. The summed E-state index contributed by atoms with van der Waals surface area (Å²) in [5, 5.41) is 13.5. The summed E-state index contributed by atoms with van der Waals surface area (Å²) in [5.74, 6) is 0.740. The lowest BCUT2D eigenvalue weighted by Gasteiger charge is -2.32. The van der Waals surface area contributed by atoms with E-state index in [1.54, 1.807) is 0 Å². The van der Waals surface area contributed by atoms with Crippen LogP contribution in [0, 0.1) is 11.3 Å². The fraction of sp³-hybridized carbons (Fsp3) is 1.00. The van der Waals surface area contributed by atoms with Crippen LogP contribution in [0.3, 0.4) is 0 Å². The van der Waals surface area contributed by atoms with Crippen LogP contribution in [0.5, 0.6) is 0 Å². The Morgan fingerprint density at radius 2 is 2.00 bits per heavy atom. The number of β-amino-alcohol motifs (C(OH)–C–C–N with tert-alkyl or cyclic N) is 1. The van der Waals surface area contributed by atoms with Crippen molar-refractivity contribution in [2.75, 3.05) is 26.7 Å². The highest BCUT2D eigenvalue weighted by Crippen LogP contribution is 2.41. The summed E-state index contributed by atoms with van der Waals surface area (Å²) in [7, 11) is 2.09. The number of rotatable bonds is 3. The Kier molecular flexibility index (Phi) is 3.54. The van der Waals surface area contributed by atoms with Gasteiger partial charge in [-0.05, 0) is 44.6 Å². The maximum absolute atomic E-state index is 10.0. The van der Waals surface area contributed by atoms with E-state index in [9.17, 15) is 5.11 Å². The second-order valence-electron chi connectivity index (χ2n) is 7.04. The topological polar surface area (TPSA) is 35.5 Å². The summed E-state index contributed by atoms with van der Waals surface area (Å²) in [6.07, 6.45) is 3.55. The van der Waals surface area contributed by atoms with Gasteiger partial charge in [0.1, 0.15) is 0 Å². The molecule has 1 saturated heterocycles. The first-order valence-corrected chi connectivity index (χ1v) is 6.96. The van der Waals surface area contributed by atoms with Gasteiger partial charge < -0.3 is 15.3 Å². The lowest BCUT2D eigenvalue weighted by molar-refractivity contribution is 0.0655. The summed E-state index contributed by atoms with van der Waals surface area (Å²) in [6, 6.07) is 0.619. The average Bonchev–Trinajstić information content (AvgIpc) is 2.68. The van der Waals surface area contributed by atoms with E-state index in [4.69, 9.17) is 0 Å². The third kappa shape index (κ3) is 2.83. The molecule has 3 unspecified atom stereocenters. The van der Waals surface area contributed by atoms with Gasteiger partial charge in [0, 0.05) is 25.7 Å². The molecule has 1 aliphatic heterocycles. The Labute approximate surface area is 106 Å². The normalized spacial score (nSPS) is 42.2. The molecular weight excluding hydrogens is 212 g/mol. The van der Waals surface area contributed by atoms with Crippen molar-refractivity contribution in [2.45, 2.75) is 51.7 Å².